The third-order valence-electron chi connectivity index (χ3n) is 3.44. The van der Waals surface area contributed by atoms with Crippen molar-refractivity contribution in [3.05, 3.63) is 22.9 Å². The lowest BCUT2D eigenvalue weighted by Crippen LogP contribution is -2.59. The van der Waals surface area contributed by atoms with Crippen molar-refractivity contribution in [2.75, 3.05) is 0 Å². The van der Waals surface area contributed by atoms with Gasteiger partial charge in [0.05, 0.1) is 0 Å². The number of alkyl halides is 1. The zero-order valence-corrected chi connectivity index (χ0v) is 13.2. The topological polar surface area (TPSA) is 59.1 Å². The maximum atomic E-state index is 12.2. The van der Waals surface area contributed by atoms with Crippen LogP contribution < -0.4 is 4.72 Å². The maximum absolute atomic E-state index is 12.2. The van der Waals surface area contributed by atoms with Crippen molar-refractivity contribution in [1.29, 1.82) is 0 Å². The van der Waals surface area contributed by atoms with Crippen molar-refractivity contribution in [3.8, 4) is 0 Å². The Bertz CT molecular complexity index is 562. The number of halogens is 2. The Kier molecular flexibility index (Phi) is 3.75. The highest BCUT2D eigenvalue weighted by molar-refractivity contribution is 9.10. The van der Waals surface area contributed by atoms with Crippen LogP contribution in [0, 0.1) is 5.41 Å². The number of aromatic nitrogens is 1. The molecule has 0 radical (unpaired) electrons. The smallest absolute Gasteiger partial charge is 0.242 e. The van der Waals surface area contributed by atoms with E-state index >= 15 is 0 Å². The minimum atomic E-state index is -3.54. The summed E-state index contributed by atoms with van der Waals surface area (Å²) in [4.78, 5) is 4.02. The van der Waals surface area contributed by atoms with Crippen molar-refractivity contribution in [3.63, 3.8) is 0 Å². The first-order valence-electron chi connectivity index (χ1n) is 5.50. The van der Waals surface area contributed by atoms with E-state index in [9.17, 15) is 8.42 Å². The second-order valence-electron chi connectivity index (χ2n) is 5.04. The molecule has 0 amide bonds. The van der Waals surface area contributed by atoms with Crippen molar-refractivity contribution < 1.29 is 8.42 Å². The van der Waals surface area contributed by atoms with Crippen molar-refractivity contribution in [2.45, 2.75) is 36.6 Å². The van der Waals surface area contributed by atoms with Gasteiger partial charge in [0.15, 0.2) is 0 Å². The quantitative estimate of drug-likeness (QED) is 0.850. The van der Waals surface area contributed by atoms with Crippen LogP contribution in [0.15, 0.2) is 27.8 Å². The zero-order chi connectivity index (χ0) is 13.6. The van der Waals surface area contributed by atoms with Crippen molar-refractivity contribution in [2.24, 2.45) is 5.41 Å². The Morgan fingerprint density at radius 1 is 1.50 bits per heavy atom. The van der Waals surface area contributed by atoms with Gasteiger partial charge in [0.25, 0.3) is 0 Å². The molecule has 100 valence electrons. The van der Waals surface area contributed by atoms with Crippen LogP contribution in [0.25, 0.3) is 0 Å². The average molecular weight is 354 g/mol. The largest absolute Gasteiger partial charge is 0.262 e. The molecule has 2 atom stereocenters. The molecular formula is C11H14BrClN2O2S. The summed E-state index contributed by atoms with van der Waals surface area (Å²) in [6.45, 7) is 3.92. The van der Waals surface area contributed by atoms with Gasteiger partial charge in [-0.05, 0) is 33.8 Å². The summed E-state index contributed by atoms with van der Waals surface area (Å²) in [5, 5.41) is 0.00540. The van der Waals surface area contributed by atoms with Gasteiger partial charge in [-0.1, -0.05) is 13.8 Å². The van der Waals surface area contributed by atoms with Gasteiger partial charge in [0, 0.05) is 28.3 Å². The highest BCUT2D eigenvalue weighted by atomic mass is 79.9. The summed E-state index contributed by atoms with van der Waals surface area (Å²) in [6, 6.07) is 1.39. The molecule has 1 aliphatic rings. The zero-order valence-electron chi connectivity index (χ0n) is 10.0. The van der Waals surface area contributed by atoms with E-state index in [0.717, 1.165) is 0 Å². The number of nitrogens with one attached hydrogen (secondary N) is 1. The normalized spacial score (nSPS) is 26.7. The van der Waals surface area contributed by atoms with Crippen LogP contribution in [-0.2, 0) is 10.0 Å². The summed E-state index contributed by atoms with van der Waals surface area (Å²) in [6.07, 6.45) is 3.52. The summed E-state index contributed by atoms with van der Waals surface area (Å²) in [5.41, 5.74) is -0.228. The van der Waals surface area contributed by atoms with Gasteiger partial charge in [0.1, 0.15) is 4.90 Å². The fourth-order valence-electron chi connectivity index (χ4n) is 1.87. The van der Waals surface area contributed by atoms with E-state index in [1.54, 1.807) is 6.20 Å². The van der Waals surface area contributed by atoms with E-state index in [1.165, 1.54) is 12.3 Å². The Hall–Kier alpha value is -0.170. The lowest BCUT2D eigenvalue weighted by molar-refractivity contribution is 0.137. The number of nitrogens with zero attached hydrogens (tertiary/aromatic N) is 1. The van der Waals surface area contributed by atoms with E-state index in [0.29, 0.717) is 10.9 Å². The molecule has 0 aromatic carbocycles. The standard InChI is InChI=1S/C11H14BrClN2O2S/c1-11(2)9(13)4-10(11)15-18(16,17)8-3-7(12)5-14-6-8/h3,5-6,9-10,15H,4H2,1-2H3. The minimum absolute atomic E-state index is 0.00540. The number of hydrogen-bond acceptors (Lipinski definition) is 3. The molecule has 1 heterocycles. The Morgan fingerprint density at radius 2 is 2.17 bits per heavy atom. The van der Waals surface area contributed by atoms with Gasteiger partial charge >= 0.3 is 0 Å². The lowest BCUT2D eigenvalue weighted by Gasteiger charge is -2.48. The molecule has 2 rings (SSSR count). The first kappa shape index (κ1) is 14.2. The van der Waals surface area contributed by atoms with E-state index in [2.05, 4.69) is 25.6 Å². The van der Waals surface area contributed by atoms with Crippen LogP contribution in [0.2, 0.25) is 0 Å². The van der Waals surface area contributed by atoms with Crippen LogP contribution in [0.4, 0.5) is 0 Å². The van der Waals surface area contributed by atoms with E-state index in [1.807, 2.05) is 13.8 Å². The van der Waals surface area contributed by atoms with Crippen LogP contribution in [0.5, 0.6) is 0 Å². The van der Waals surface area contributed by atoms with Gasteiger partial charge in [-0.15, -0.1) is 11.6 Å². The van der Waals surface area contributed by atoms with Gasteiger partial charge in [0.2, 0.25) is 10.0 Å². The van der Waals surface area contributed by atoms with Crippen LogP contribution in [0.1, 0.15) is 20.3 Å². The van der Waals surface area contributed by atoms with Crippen LogP contribution in [-0.4, -0.2) is 24.8 Å². The van der Waals surface area contributed by atoms with Crippen LogP contribution in [0.3, 0.4) is 0 Å². The highest BCUT2D eigenvalue weighted by Crippen LogP contribution is 2.44. The van der Waals surface area contributed by atoms with E-state index in [4.69, 9.17) is 11.6 Å². The molecule has 1 aliphatic carbocycles. The third-order valence-corrected chi connectivity index (χ3v) is 6.05. The second-order valence-corrected chi connectivity index (χ2v) is 8.19. The molecule has 7 heteroatoms. The minimum Gasteiger partial charge on any atom is -0.262 e. The number of sulfonamides is 1. The molecule has 2 unspecified atom stereocenters. The lowest BCUT2D eigenvalue weighted by atomic mass is 9.67. The molecule has 1 N–H and O–H groups in total. The van der Waals surface area contributed by atoms with E-state index < -0.39 is 10.0 Å². The summed E-state index contributed by atoms with van der Waals surface area (Å²) in [5.74, 6) is 0. The van der Waals surface area contributed by atoms with Gasteiger partial charge in [-0.3, -0.25) is 4.98 Å². The second kappa shape index (κ2) is 4.74. The van der Waals surface area contributed by atoms with Gasteiger partial charge in [-0.2, -0.15) is 0 Å². The number of rotatable bonds is 3. The first-order chi connectivity index (χ1) is 8.23. The number of hydrogen-bond donors (Lipinski definition) is 1. The highest BCUT2D eigenvalue weighted by Gasteiger charge is 2.48. The fraction of sp³-hybridized carbons (Fsp3) is 0.545. The molecule has 0 spiro atoms. The molecule has 1 aromatic heterocycles. The molecule has 0 saturated heterocycles. The average Bonchev–Trinajstić information content (AvgIpc) is 2.28. The molecule has 0 bridgehead atoms. The molecule has 1 aromatic rings. The SMILES string of the molecule is CC1(C)C(Cl)CC1NS(=O)(=O)c1cncc(Br)c1. The molecule has 4 nitrogen and oxygen atoms in total. The molecular weight excluding hydrogens is 340 g/mol. The predicted octanol–water partition coefficient (Wildman–Crippen LogP) is 2.53. The summed E-state index contributed by atoms with van der Waals surface area (Å²) in [7, 11) is -3.54. The first-order valence-corrected chi connectivity index (χ1v) is 8.21. The molecule has 18 heavy (non-hydrogen) atoms. The summed E-state index contributed by atoms with van der Waals surface area (Å²) >= 11 is 9.29. The van der Waals surface area contributed by atoms with Gasteiger partial charge < -0.3 is 0 Å². The van der Waals surface area contributed by atoms with Crippen molar-refractivity contribution in [1.82, 2.24) is 9.71 Å². The Morgan fingerprint density at radius 3 is 2.67 bits per heavy atom. The maximum Gasteiger partial charge on any atom is 0.242 e. The van der Waals surface area contributed by atoms with Gasteiger partial charge in [-0.25, -0.2) is 13.1 Å². The fourth-order valence-corrected chi connectivity index (χ4v) is 4.11. The Balaban J connectivity index is 2.19. The summed E-state index contributed by atoms with van der Waals surface area (Å²) < 4.78 is 27.7. The van der Waals surface area contributed by atoms with E-state index in [-0.39, 0.29) is 21.7 Å². The molecule has 1 fully saturated rings. The monoisotopic (exact) mass is 352 g/mol. The van der Waals surface area contributed by atoms with Crippen LogP contribution >= 0.6 is 27.5 Å². The Labute approximate surface area is 120 Å². The molecule has 1 saturated carbocycles. The predicted molar refractivity (Wildman–Crippen MR) is 74.1 cm³/mol. The van der Waals surface area contributed by atoms with Crippen molar-refractivity contribution >= 4 is 37.6 Å². The molecule has 0 aliphatic heterocycles. The number of pyridine rings is 1. The third kappa shape index (κ3) is 2.57.